The lowest BCUT2D eigenvalue weighted by Gasteiger charge is -2.34. The maximum Gasteiger partial charge on any atom is 0.219 e. The fraction of sp³-hybridized carbons (Fsp3) is 0.909. The van der Waals surface area contributed by atoms with Crippen LogP contribution < -0.4 is 5.32 Å². The predicted octanol–water partition coefficient (Wildman–Crippen LogP) is -0.0323. The molecule has 2 N–H and O–H groups in total. The second-order valence-corrected chi connectivity index (χ2v) is 5.19. The highest BCUT2D eigenvalue weighted by molar-refractivity contribution is 5.73. The molecule has 0 bridgehead atoms. The van der Waals surface area contributed by atoms with Gasteiger partial charge in [-0.2, -0.15) is 0 Å². The van der Waals surface area contributed by atoms with Gasteiger partial charge in [0.2, 0.25) is 5.91 Å². The summed E-state index contributed by atoms with van der Waals surface area (Å²) in [6, 6.07) is 0.484. The Morgan fingerprint density at radius 1 is 1.67 bits per heavy atom. The number of carbonyl (C=O) groups excluding carboxylic acids is 1. The maximum atomic E-state index is 11.3. The number of fused-ring (bicyclic) bond motifs is 1. The van der Waals surface area contributed by atoms with Gasteiger partial charge in [0, 0.05) is 31.6 Å². The van der Waals surface area contributed by atoms with Crippen LogP contribution in [0.1, 0.15) is 26.7 Å². The van der Waals surface area contributed by atoms with E-state index in [0.717, 1.165) is 25.9 Å². The van der Waals surface area contributed by atoms with Crippen molar-refractivity contribution in [3.05, 3.63) is 0 Å². The summed E-state index contributed by atoms with van der Waals surface area (Å²) in [6.07, 6.45) is 1.98. The Morgan fingerprint density at radius 3 is 3.00 bits per heavy atom. The Kier molecular flexibility index (Phi) is 2.73. The molecule has 86 valence electrons. The summed E-state index contributed by atoms with van der Waals surface area (Å²) in [5.74, 6) is 0.686. The molecular formula is C11H20N2O2. The van der Waals surface area contributed by atoms with E-state index < -0.39 is 0 Å². The first-order chi connectivity index (χ1) is 7.04. The Bertz CT molecular complexity index is 269. The molecule has 0 radical (unpaired) electrons. The molecule has 4 nitrogen and oxygen atoms in total. The van der Waals surface area contributed by atoms with Crippen molar-refractivity contribution in [2.24, 2.45) is 5.92 Å². The van der Waals surface area contributed by atoms with Crippen molar-refractivity contribution in [1.82, 2.24) is 10.2 Å². The van der Waals surface area contributed by atoms with Crippen molar-refractivity contribution in [3.8, 4) is 0 Å². The van der Waals surface area contributed by atoms with Crippen molar-refractivity contribution in [2.75, 3.05) is 19.7 Å². The normalized spacial score (nSPS) is 40.3. The number of rotatable bonds is 1. The molecule has 2 rings (SSSR count). The predicted molar refractivity (Wildman–Crippen MR) is 57.4 cm³/mol. The number of hydrogen-bond donors (Lipinski definition) is 2. The minimum atomic E-state index is -0.137. The standard InChI is InChI=1S/C11H20N2O2/c1-8(15)13-4-3-10-9(6-13)5-11(2,7-14)12-10/h9-10,12,14H,3-7H2,1-2H3/t9-,10-,11+/m0/s1. The molecule has 2 aliphatic heterocycles. The third kappa shape index (κ3) is 2.01. The number of hydrogen-bond acceptors (Lipinski definition) is 3. The second kappa shape index (κ2) is 3.76. The Hall–Kier alpha value is -0.610. The maximum absolute atomic E-state index is 11.3. The van der Waals surface area contributed by atoms with Crippen LogP contribution in [0.25, 0.3) is 0 Å². The fourth-order valence-electron chi connectivity index (χ4n) is 2.91. The quantitative estimate of drug-likeness (QED) is 0.641. The fourth-order valence-corrected chi connectivity index (χ4v) is 2.91. The number of carbonyl (C=O) groups is 1. The Morgan fingerprint density at radius 2 is 2.40 bits per heavy atom. The highest BCUT2D eigenvalue weighted by Gasteiger charge is 2.43. The molecule has 0 saturated carbocycles. The largest absolute Gasteiger partial charge is 0.394 e. The lowest BCUT2D eigenvalue weighted by molar-refractivity contribution is -0.130. The van der Waals surface area contributed by atoms with E-state index in [2.05, 4.69) is 12.2 Å². The minimum Gasteiger partial charge on any atom is -0.394 e. The minimum absolute atomic E-state index is 0.137. The van der Waals surface area contributed by atoms with Crippen molar-refractivity contribution >= 4 is 5.91 Å². The molecule has 0 aromatic rings. The van der Waals surface area contributed by atoms with Gasteiger partial charge in [-0.1, -0.05) is 0 Å². The zero-order valence-electron chi connectivity index (χ0n) is 9.49. The summed E-state index contributed by atoms with van der Waals surface area (Å²) in [5, 5.41) is 12.8. The van der Waals surface area contributed by atoms with Crippen LogP contribution in [0.3, 0.4) is 0 Å². The zero-order chi connectivity index (χ0) is 11.1. The summed E-state index contributed by atoms with van der Waals surface area (Å²) < 4.78 is 0. The monoisotopic (exact) mass is 212 g/mol. The van der Waals surface area contributed by atoms with Crippen molar-refractivity contribution in [3.63, 3.8) is 0 Å². The average molecular weight is 212 g/mol. The van der Waals surface area contributed by atoms with Gasteiger partial charge in [-0.3, -0.25) is 4.79 Å². The number of likely N-dealkylation sites (tertiary alicyclic amines) is 1. The Balaban J connectivity index is 2.01. The van der Waals surface area contributed by atoms with E-state index in [1.807, 2.05) is 4.90 Å². The summed E-state index contributed by atoms with van der Waals surface area (Å²) in [5.41, 5.74) is -0.137. The smallest absolute Gasteiger partial charge is 0.219 e. The molecule has 2 fully saturated rings. The number of aliphatic hydroxyl groups is 1. The van der Waals surface area contributed by atoms with Gasteiger partial charge < -0.3 is 15.3 Å². The molecule has 0 aliphatic carbocycles. The summed E-state index contributed by atoms with van der Waals surface area (Å²) in [4.78, 5) is 13.2. The zero-order valence-corrected chi connectivity index (χ0v) is 9.49. The van der Waals surface area contributed by atoms with E-state index in [0.29, 0.717) is 12.0 Å². The van der Waals surface area contributed by atoms with E-state index in [1.54, 1.807) is 6.92 Å². The van der Waals surface area contributed by atoms with Crippen molar-refractivity contribution < 1.29 is 9.90 Å². The van der Waals surface area contributed by atoms with Gasteiger partial charge in [0.15, 0.2) is 0 Å². The highest BCUT2D eigenvalue weighted by atomic mass is 16.3. The third-order valence-electron chi connectivity index (χ3n) is 3.77. The van der Waals surface area contributed by atoms with E-state index in [4.69, 9.17) is 0 Å². The summed E-state index contributed by atoms with van der Waals surface area (Å²) in [6.45, 7) is 5.57. The van der Waals surface area contributed by atoms with E-state index in [1.165, 1.54) is 0 Å². The molecule has 1 amide bonds. The van der Waals surface area contributed by atoms with Crippen LogP contribution in [0.5, 0.6) is 0 Å². The number of piperidine rings is 1. The molecule has 15 heavy (non-hydrogen) atoms. The summed E-state index contributed by atoms with van der Waals surface area (Å²) in [7, 11) is 0. The van der Waals surface area contributed by atoms with Gasteiger partial charge >= 0.3 is 0 Å². The van der Waals surface area contributed by atoms with Gasteiger partial charge in [0.25, 0.3) is 0 Å². The van der Waals surface area contributed by atoms with E-state index >= 15 is 0 Å². The first-order valence-corrected chi connectivity index (χ1v) is 5.68. The molecule has 3 atom stereocenters. The molecule has 2 heterocycles. The lowest BCUT2D eigenvalue weighted by atomic mass is 9.89. The average Bonchev–Trinajstić information content (AvgIpc) is 2.53. The second-order valence-electron chi connectivity index (χ2n) is 5.19. The molecule has 0 spiro atoms. The summed E-state index contributed by atoms with van der Waals surface area (Å²) >= 11 is 0. The highest BCUT2D eigenvalue weighted by Crippen LogP contribution is 2.33. The van der Waals surface area contributed by atoms with Gasteiger partial charge in [0.05, 0.1) is 6.61 Å². The van der Waals surface area contributed by atoms with Gasteiger partial charge in [0.1, 0.15) is 0 Å². The molecule has 4 heteroatoms. The van der Waals surface area contributed by atoms with Crippen LogP contribution in [0.2, 0.25) is 0 Å². The van der Waals surface area contributed by atoms with Crippen LogP contribution >= 0.6 is 0 Å². The van der Waals surface area contributed by atoms with Crippen LogP contribution in [-0.2, 0) is 4.79 Å². The molecule has 0 aromatic heterocycles. The number of amides is 1. The SMILES string of the molecule is CC(=O)N1CC[C@@H]2N[C@@](C)(CO)C[C@H]2C1. The molecule has 2 saturated heterocycles. The molecular weight excluding hydrogens is 192 g/mol. The van der Waals surface area contributed by atoms with Gasteiger partial charge in [-0.05, 0) is 25.7 Å². The molecule has 2 aliphatic rings. The van der Waals surface area contributed by atoms with Crippen molar-refractivity contribution in [1.29, 1.82) is 0 Å². The third-order valence-corrected chi connectivity index (χ3v) is 3.77. The van der Waals surface area contributed by atoms with Crippen LogP contribution in [0.15, 0.2) is 0 Å². The number of nitrogens with one attached hydrogen (secondary N) is 1. The topological polar surface area (TPSA) is 52.6 Å². The molecule has 0 aromatic carbocycles. The van der Waals surface area contributed by atoms with Gasteiger partial charge in [-0.25, -0.2) is 0 Å². The Labute approximate surface area is 90.6 Å². The number of nitrogens with zero attached hydrogens (tertiary/aromatic N) is 1. The van der Waals surface area contributed by atoms with E-state index in [9.17, 15) is 9.90 Å². The van der Waals surface area contributed by atoms with Crippen LogP contribution in [-0.4, -0.2) is 47.2 Å². The first-order valence-electron chi connectivity index (χ1n) is 5.68. The number of aliphatic hydroxyl groups excluding tert-OH is 1. The van der Waals surface area contributed by atoms with E-state index in [-0.39, 0.29) is 18.1 Å². The van der Waals surface area contributed by atoms with Crippen molar-refractivity contribution in [2.45, 2.75) is 38.3 Å². The lowest BCUT2D eigenvalue weighted by Crippen LogP contribution is -2.48. The van der Waals surface area contributed by atoms with Gasteiger partial charge in [-0.15, -0.1) is 0 Å². The molecule has 0 unspecified atom stereocenters. The van der Waals surface area contributed by atoms with Crippen LogP contribution in [0.4, 0.5) is 0 Å². The van der Waals surface area contributed by atoms with Crippen LogP contribution in [0, 0.1) is 5.92 Å². The first kappa shape index (κ1) is 10.9.